The lowest BCUT2D eigenvalue weighted by Crippen LogP contribution is -2.21. The summed E-state index contributed by atoms with van der Waals surface area (Å²) in [6, 6.07) is 21.2. The van der Waals surface area contributed by atoms with E-state index in [9.17, 15) is 9.59 Å². The van der Waals surface area contributed by atoms with Crippen LogP contribution in [0.4, 0.5) is 5.69 Å². The van der Waals surface area contributed by atoms with E-state index in [1.807, 2.05) is 54.6 Å². The average molecular weight is 546 g/mol. The van der Waals surface area contributed by atoms with E-state index in [1.165, 1.54) is 7.11 Å². The van der Waals surface area contributed by atoms with Crippen molar-refractivity contribution in [2.24, 2.45) is 0 Å². The predicted octanol–water partition coefficient (Wildman–Crippen LogP) is 8.05. The molecule has 0 spiro atoms. The average Bonchev–Trinajstić information content (AvgIpc) is 2.95. The molecular formula is C34H43NO5. The maximum Gasteiger partial charge on any atom is 0.337 e. The molecule has 0 radical (unpaired) electrons. The molecule has 3 rings (SSSR count). The van der Waals surface area contributed by atoms with E-state index in [1.54, 1.807) is 19.2 Å². The van der Waals surface area contributed by atoms with Gasteiger partial charge in [0.1, 0.15) is 18.1 Å². The Kier molecular flexibility index (Phi) is 11.2. The van der Waals surface area contributed by atoms with E-state index >= 15 is 0 Å². The van der Waals surface area contributed by atoms with Gasteiger partial charge in [-0.15, -0.1) is 0 Å². The van der Waals surface area contributed by atoms with Gasteiger partial charge >= 0.3 is 5.97 Å². The van der Waals surface area contributed by atoms with Crippen molar-refractivity contribution in [3.05, 3.63) is 89.0 Å². The van der Waals surface area contributed by atoms with Crippen LogP contribution in [0.1, 0.15) is 92.8 Å². The Labute approximate surface area is 239 Å². The van der Waals surface area contributed by atoms with Gasteiger partial charge in [0.25, 0.3) is 0 Å². The molecule has 0 fully saturated rings. The second-order valence-electron chi connectivity index (χ2n) is 11.1. The van der Waals surface area contributed by atoms with Crippen LogP contribution in [-0.4, -0.2) is 26.1 Å². The van der Waals surface area contributed by atoms with E-state index in [-0.39, 0.29) is 23.7 Å². The molecule has 6 nitrogen and oxygen atoms in total. The number of amides is 1. The normalized spacial score (nSPS) is 11.9. The van der Waals surface area contributed by atoms with Gasteiger partial charge in [-0.3, -0.25) is 4.79 Å². The highest BCUT2D eigenvalue weighted by atomic mass is 16.5. The summed E-state index contributed by atoms with van der Waals surface area (Å²) in [5.41, 5.74) is 3.83. The third-order valence-electron chi connectivity index (χ3n) is 7.00. The number of nitrogens with one attached hydrogen (secondary N) is 1. The SMILES string of the molecule is CCCCCC(CC(=O)Nc1cc(C(=O)OC)ccc1C(C)(C)C)c1ccc(OCc2ccccc2)cc1OC. The summed E-state index contributed by atoms with van der Waals surface area (Å²) in [4.78, 5) is 25.7. The molecule has 1 N–H and O–H groups in total. The van der Waals surface area contributed by atoms with Gasteiger partial charge in [0, 0.05) is 18.2 Å². The number of carbonyl (C=O) groups is 2. The minimum absolute atomic E-state index is 0.0356. The number of anilines is 1. The largest absolute Gasteiger partial charge is 0.496 e. The topological polar surface area (TPSA) is 73.9 Å². The molecule has 6 heteroatoms. The van der Waals surface area contributed by atoms with E-state index in [4.69, 9.17) is 14.2 Å². The van der Waals surface area contributed by atoms with Gasteiger partial charge in [0.15, 0.2) is 0 Å². The summed E-state index contributed by atoms with van der Waals surface area (Å²) in [6.45, 7) is 8.87. The number of benzene rings is 3. The lowest BCUT2D eigenvalue weighted by atomic mass is 9.85. The van der Waals surface area contributed by atoms with Crippen molar-refractivity contribution < 1.29 is 23.8 Å². The number of ether oxygens (including phenoxy) is 3. The van der Waals surface area contributed by atoms with Crippen molar-refractivity contribution in [1.29, 1.82) is 0 Å². The first-order valence-corrected chi connectivity index (χ1v) is 14.0. The summed E-state index contributed by atoms with van der Waals surface area (Å²) >= 11 is 0. The minimum Gasteiger partial charge on any atom is -0.496 e. The predicted molar refractivity (Wildman–Crippen MR) is 160 cm³/mol. The van der Waals surface area contributed by atoms with Gasteiger partial charge < -0.3 is 19.5 Å². The number of hydrogen-bond acceptors (Lipinski definition) is 5. The number of esters is 1. The number of unbranched alkanes of at least 4 members (excludes halogenated alkanes) is 2. The maximum absolute atomic E-state index is 13.5. The second kappa shape index (κ2) is 14.5. The van der Waals surface area contributed by atoms with Gasteiger partial charge in [0.05, 0.1) is 19.8 Å². The van der Waals surface area contributed by atoms with Crippen LogP contribution in [0.25, 0.3) is 0 Å². The lowest BCUT2D eigenvalue weighted by molar-refractivity contribution is -0.116. The maximum atomic E-state index is 13.5. The molecule has 1 atom stereocenters. The highest BCUT2D eigenvalue weighted by Gasteiger charge is 2.24. The Hall–Kier alpha value is -3.80. The molecule has 0 aliphatic heterocycles. The molecule has 3 aromatic carbocycles. The first-order chi connectivity index (χ1) is 19.2. The Balaban J connectivity index is 1.83. The van der Waals surface area contributed by atoms with Gasteiger partial charge in [-0.05, 0) is 52.6 Å². The first-order valence-electron chi connectivity index (χ1n) is 14.0. The van der Waals surface area contributed by atoms with E-state index in [0.29, 0.717) is 23.6 Å². The minimum atomic E-state index is -0.437. The summed E-state index contributed by atoms with van der Waals surface area (Å²) in [7, 11) is 3.00. The lowest BCUT2D eigenvalue weighted by Gasteiger charge is -2.25. The molecule has 0 heterocycles. The number of methoxy groups -OCH3 is 2. The van der Waals surface area contributed by atoms with Crippen molar-refractivity contribution in [2.75, 3.05) is 19.5 Å². The van der Waals surface area contributed by atoms with Crippen molar-refractivity contribution >= 4 is 17.6 Å². The Morgan fingerprint density at radius 1 is 0.925 bits per heavy atom. The molecule has 0 aromatic heterocycles. The van der Waals surface area contributed by atoms with Gasteiger partial charge in [0.2, 0.25) is 5.91 Å². The van der Waals surface area contributed by atoms with Crippen molar-refractivity contribution in [1.82, 2.24) is 0 Å². The second-order valence-corrected chi connectivity index (χ2v) is 11.1. The molecule has 40 heavy (non-hydrogen) atoms. The van der Waals surface area contributed by atoms with E-state index in [2.05, 4.69) is 33.0 Å². The molecule has 0 saturated carbocycles. The van der Waals surface area contributed by atoms with Gasteiger partial charge in [-0.25, -0.2) is 4.79 Å². The third-order valence-corrected chi connectivity index (χ3v) is 7.00. The number of hydrogen-bond donors (Lipinski definition) is 1. The van der Waals surface area contributed by atoms with E-state index in [0.717, 1.165) is 48.1 Å². The van der Waals surface area contributed by atoms with Crippen LogP contribution >= 0.6 is 0 Å². The molecular weight excluding hydrogens is 502 g/mol. The van der Waals surface area contributed by atoms with Gasteiger partial charge in [-0.1, -0.05) is 89.4 Å². The van der Waals surface area contributed by atoms with Gasteiger partial charge in [-0.2, -0.15) is 0 Å². The summed E-state index contributed by atoms with van der Waals surface area (Å²) in [6.07, 6.45) is 4.34. The molecule has 0 saturated heterocycles. The molecule has 1 unspecified atom stereocenters. The standard InChI is InChI=1S/C34H43NO5/c1-7-8-10-15-25(28-18-17-27(22-31(28)38-5)40-23-24-13-11-9-12-14-24)21-32(36)35-30-20-26(33(37)39-6)16-19-29(30)34(2,3)4/h9,11-14,16-20,22,25H,7-8,10,15,21,23H2,1-6H3,(H,35,36). The molecule has 3 aromatic rings. The summed E-state index contributed by atoms with van der Waals surface area (Å²) < 4.78 is 16.7. The number of rotatable bonds is 13. The van der Waals surface area contributed by atoms with Crippen LogP contribution in [0.15, 0.2) is 66.7 Å². The first kappa shape index (κ1) is 30.7. The molecule has 0 aliphatic carbocycles. The van der Waals surface area contributed by atoms with Crippen LogP contribution in [0.3, 0.4) is 0 Å². The molecule has 1 amide bonds. The zero-order chi connectivity index (χ0) is 29.1. The van der Waals surface area contributed by atoms with Crippen LogP contribution < -0.4 is 14.8 Å². The summed E-state index contributed by atoms with van der Waals surface area (Å²) in [5.74, 6) is 0.846. The van der Waals surface area contributed by atoms with Crippen LogP contribution in [0.2, 0.25) is 0 Å². The van der Waals surface area contributed by atoms with Crippen LogP contribution in [0, 0.1) is 0 Å². The number of carbonyl (C=O) groups excluding carboxylic acids is 2. The highest BCUT2D eigenvalue weighted by Crippen LogP contribution is 2.37. The highest BCUT2D eigenvalue weighted by molar-refractivity contribution is 5.96. The van der Waals surface area contributed by atoms with Crippen molar-refractivity contribution in [3.63, 3.8) is 0 Å². The monoisotopic (exact) mass is 545 g/mol. The Morgan fingerprint density at radius 3 is 2.33 bits per heavy atom. The summed E-state index contributed by atoms with van der Waals surface area (Å²) in [5, 5.41) is 3.10. The van der Waals surface area contributed by atoms with Crippen molar-refractivity contribution in [2.45, 2.75) is 77.7 Å². The molecule has 214 valence electrons. The molecule has 0 bridgehead atoms. The Bertz CT molecular complexity index is 1260. The Morgan fingerprint density at radius 2 is 1.68 bits per heavy atom. The fraction of sp³-hybridized carbons (Fsp3) is 0.412. The molecule has 0 aliphatic rings. The third kappa shape index (κ3) is 8.60. The van der Waals surface area contributed by atoms with Crippen LogP contribution in [0.5, 0.6) is 11.5 Å². The van der Waals surface area contributed by atoms with Crippen molar-refractivity contribution in [3.8, 4) is 11.5 Å². The fourth-order valence-corrected chi connectivity index (χ4v) is 4.84. The smallest absolute Gasteiger partial charge is 0.337 e. The zero-order valence-corrected chi connectivity index (χ0v) is 24.7. The van der Waals surface area contributed by atoms with E-state index < -0.39 is 5.97 Å². The quantitative estimate of drug-likeness (QED) is 0.174. The zero-order valence-electron chi connectivity index (χ0n) is 24.7. The fourth-order valence-electron chi connectivity index (χ4n) is 4.84. The van der Waals surface area contributed by atoms with Crippen LogP contribution in [-0.2, 0) is 21.6 Å².